The maximum Gasteiger partial charge on any atom is 0.109 e. The zero-order valence-corrected chi connectivity index (χ0v) is 9.40. The standard InChI is InChI=1S/C13H14N2O/c1-10-8-12(11(2)16-10)9-14-15-13-6-4-3-5-7-13/h3-9,15H,1-2H3/b14-9+. The van der Waals surface area contributed by atoms with Crippen molar-refractivity contribution in [2.45, 2.75) is 13.8 Å². The lowest BCUT2D eigenvalue weighted by molar-refractivity contribution is 0.504. The molecule has 0 spiro atoms. The van der Waals surface area contributed by atoms with Crippen LogP contribution in [0, 0.1) is 13.8 Å². The van der Waals surface area contributed by atoms with Gasteiger partial charge in [0.2, 0.25) is 0 Å². The van der Waals surface area contributed by atoms with Crippen molar-refractivity contribution >= 4 is 11.9 Å². The Kier molecular flexibility index (Phi) is 3.05. The quantitative estimate of drug-likeness (QED) is 0.628. The van der Waals surface area contributed by atoms with E-state index in [0.717, 1.165) is 22.8 Å². The molecule has 0 aliphatic rings. The summed E-state index contributed by atoms with van der Waals surface area (Å²) in [6.45, 7) is 3.85. The Morgan fingerprint density at radius 3 is 2.56 bits per heavy atom. The second kappa shape index (κ2) is 4.66. The smallest absolute Gasteiger partial charge is 0.109 e. The first kappa shape index (κ1) is 10.5. The zero-order chi connectivity index (χ0) is 11.4. The summed E-state index contributed by atoms with van der Waals surface area (Å²) in [5.41, 5.74) is 4.93. The Labute approximate surface area is 94.8 Å². The number of nitrogens with one attached hydrogen (secondary N) is 1. The average molecular weight is 214 g/mol. The fraction of sp³-hybridized carbons (Fsp3) is 0.154. The van der Waals surface area contributed by atoms with Gasteiger partial charge in [-0.2, -0.15) is 5.10 Å². The molecule has 0 saturated carbocycles. The van der Waals surface area contributed by atoms with Crippen LogP contribution in [0.4, 0.5) is 5.69 Å². The first-order valence-corrected chi connectivity index (χ1v) is 5.17. The lowest BCUT2D eigenvalue weighted by Gasteiger charge is -1.97. The van der Waals surface area contributed by atoms with Crippen LogP contribution in [0.5, 0.6) is 0 Å². The summed E-state index contributed by atoms with van der Waals surface area (Å²) in [4.78, 5) is 0. The van der Waals surface area contributed by atoms with Gasteiger partial charge in [-0.1, -0.05) is 18.2 Å². The van der Waals surface area contributed by atoms with Gasteiger partial charge in [0.05, 0.1) is 11.9 Å². The van der Waals surface area contributed by atoms with E-state index in [4.69, 9.17) is 4.42 Å². The molecule has 1 N–H and O–H groups in total. The minimum atomic E-state index is 0.885. The highest BCUT2D eigenvalue weighted by Crippen LogP contribution is 2.11. The average Bonchev–Trinajstić information content (AvgIpc) is 2.59. The third-order valence-corrected chi connectivity index (χ3v) is 2.25. The number of anilines is 1. The number of furan rings is 1. The summed E-state index contributed by atoms with van der Waals surface area (Å²) >= 11 is 0. The number of benzene rings is 1. The van der Waals surface area contributed by atoms with Crippen molar-refractivity contribution in [3.63, 3.8) is 0 Å². The van der Waals surface area contributed by atoms with Gasteiger partial charge in [-0.15, -0.1) is 0 Å². The molecule has 82 valence electrons. The molecule has 0 bridgehead atoms. The van der Waals surface area contributed by atoms with E-state index < -0.39 is 0 Å². The van der Waals surface area contributed by atoms with Crippen molar-refractivity contribution < 1.29 is 4.42 Å². The highest BCUT2D eigenvalue weighted by Gasteiger charge is 2.00. The molecule has 3 nitrogen and oxygen atoms in total. The summed E-state index contributed by atoms with van der Waals surface area (Å²) in [6.07, 6.45) is 1.76. The van der Waals surface area contributed by atoms with Gasteiger partial charge in [-0.3, -0.25) is 5.43 Å². The van der Waals surface area contributed by atoms with Gasteiger partial charge >= 0.3 is 0 Å². The monoisotopic (exact) mass is 214 g/mol. The van der Waals surface area contributed by atoms with Crippen LogP contribution in [-0.4, -0.2) is 6.21 Å². The van der Waals surface area contributed by atoms with E-state index >= 15 is 0 Å². The Hall–Kier alpha value is -2.03. The molecular weight excluding hydrogens is 200 g/mol. The van der Waals surface area contributed by atoms with Crippen LogP contribution < -0.4 is 5.43 Å². The van der Waals surface area contributed by atoms with Crippen molar-refractivity contribution in [3.8, 4) is 0 Å². The molecule has 1 heterocycles. The Morgan fingerprint density at radius 1 is 1.19 bits per heavy atom. The summed E-state index contributed by atoms with van der Waals surface area (Å²) in [7, 11) is 0. The number of hydrazone groups is 1. The van der Waals surface area contributed by atoms with E-state index in [2.05, 4.69) is 10.5 Å². The maximum atomic E-state index is 5.40. The molecule has 0 saturated heterocycles. The Bertz CT molecular complexity index is 486. The highest BCUT2D eigenvalue weighted by molar-refractivity contribution is 5.81. The maximum absolute atomic E-state index is 5.40. The first-order valence-electron chi connectivity index (χ1n) is 5.17. The molecule has 16 heavy (non-hydrogen) atoms. The Balaban J connectivity index is 2.03. The van der Waals surface area contributed by atoms with E-state index in [0.29, 0.717) is 0 Å². The van der Waals surface area contributed by atoms with Crippen molar-refractivity contribution in [3.05, 3.63) is 53.5 Å². The van der Waals surface area contributed by atoms with Gasteiger partial charge in [0.15, 0.2) is 0 Å². The lowest BCUT2D eigenvalue weighted by Crippen LogP contribution is -1.89. The second-order valence-electron chi connectivity index (χ2n) is 3.60. The van der Waals surface area contributed by atoms with Gasteiger partial charge in [0, 0.05) is 5.56 Å². The van der Waals surface area contributed by atoms with Gasteiger partial charge < -0.3 is 4.42 Å². The molecule has 0 fully saturated rings. The summed E-state index contributed by atoms with van der Waals surface area (Å²) < 4.78 is 5.40. The molecule has 2 aromatic rings. The molecular formula is C13H14N2O. The number of rotatable bonds is 3. The van der Waals surface area contributed by atoms with Crippen LogP contribution in [0.25, 0.3) is 0 Å². The molecule has 0 radical (unpaired) electrons. The van der Waals surface area contributed by atoms with Crippen LogP contribution in [0.1, 0.15) is 17.1 Å². The highest BCUT2D eigenvalue weighted by atomic mass is 16.3. The molecule has 2 rings (SSSR count). The molecule has 0 atom stereocenters. The first-order chi connectivity index (χ1) is 7.75. The van der Waals surface area contributed by atoms with Crippen molar-refractivity contribution in [2.24, 2.45) is 5.10 Å². The second-order valence-corrected chi connectivity index (χ2v) is 3.60. The van der Waals surface area contributed by atoms with Gasteiger partial charge in [-0.05, 0) is 32.0 Å². The number of para-hydroxylation sites is 1. The van der Waals surface area contributed by atoms with E-state index in [-0.39, 0.29) is 0 Å². The van der Waals surface area contributed by atoms with Gasteiger partial charge in [0.25, 0.3) is 0 Å². The SMILES string of the molecule is Cc1cc(/C=N/Nc2ccccc2)c(C)o1. The summed E-state index contributed by atoms with van der Waals surface area (Å²) in [5, 5.41) is 4.15. The molecule has 0 aliphatic heterocycles. The van der Waals surface area contributed by atoms with E-state index in [1.54, 1.807) is 6.21 Å². The van der Waals surface area contributed by atoms with Crippen LogP contribution in [0.3, 0.4) is 0 Å². The number of aryl methyl sites for hydroxylation is 2. The van der Waals surface area contributed by atoms with Crippen molar-refractivity contribution in [1.82, 2.24) is 0 Å². The molecule has 0 unspecified atom stereocenters. The van der Waals surface area contributed by atoms with E-state index in [9.17, 15) is 0 Å². The Morgan fingerprint density at radius 2 is 1.94 bits per heavy atom. The third-order valence-electron chi connectivity index (χ3n) is 2.25. The van der Waals surface area contributed by atoms with E-state index in [1.165, 1.54) is 0 Å². The van der Waals surface area contributed by atoms with Crippen LogP contribution in [0.2, 0.25) is 0 Å². The predicted molar refractivity (Wildman–Crippen MR) is 65.8 cm³/mol. The molecule has 3 heteroatoms. The number of hydrogen-bond donors (Lipinski definition) is 1. The van der Waals surface area contributed by atoms with Gasteiger partial charge in [-0.25, -0.2) is 0 Å². The van der Waals surface area contributed by atoms with Crippen molar-refractivity contribution in [2.75, 3.05) is 5.43 Å². The van der Waals surface area contributed by atoms with Crippen LogP contribution in [-0.2, 0) is 0 Å². The van der Waals surface area contributed by atoms with Crippen LogP contribution in [0.15, 0.2) is 45.9 Å². The minimum Gasteiger partial charge on any atom is -0.466 e. The van der Waals surface area contributed by atoms with Crippen LogP contribution >= 0.6 is 0 Å². The predicted octanol–water partition coefficient (Wildman–Crippen LogP) is 3.34. The van der Waals surface area contributed by atoms with Gasteiger partial charge in [0.1, 0.15) is 11.5 Å². The van der Waals surface area contributed by atoms with E-state index in [1.807, 2.05) is 50.2 Å². The number of nitrogens with zero attached hydrogens (tertiary/aromatic N) is 1. The molecule has 0 aliphatic carbocycles. The number of hydrogen-bond acceptors (Lipinski definition) is 3. The minimum absolute atomic E-state index is 0.885. The van der Waals surface area contributed by atoms with Crippen molar-refractivity contribution in [1.29, 1.82) is 0 Å². The largest absolute Gasteiger partial charge is 0.466 e. The fourth-order valence-electron chi connectivity index (χ4n) is 1.47. The summed E-state index contributed by atoms with van der Waals surface area (Å²) in [6, 6.07) is 11.8. The molecule has 1 aromatic heterocycles. The lowest BCUT2D eigenvalue weighted by atomic mass is 10.3. The fourth-order valence-corrected chi connectivity index (χ4v) is 1.47. The molecule has 1 aromatic carbocycles. The molecule has 0 amide bonds. The summed E-state index contributed by atoms with van der Waals surface area (Å²) in [5.74, 6) is 1.79. The third kappa shape index (κ3) is 2.51. The topological polar surface area (TPSA) is 37.5 Å². The normalized spacial score (nSPS) is 10.9. The zero-order valence-electron chi connectivity index (χ0n) is 9.40.